The lowest BCUT2D eigenvalue weighted by Gasteiger charge is -2.05. The zero-order valence-electron chi connectivity index (χ0n) is 11.3. The average Bonchev–Trinajstić information content (AvgIpc) is 2.91. The van der Waals surface area contributed by atoms with Crippen molar-refractivity contribution < 1.29 is 4.74 Å². The van der Waals surface area contributed by atoms with Crippen LogP contribution in [0.2, 0.25) is 0 Å². The smallest absolute Gasteiger partial charge is 0.213 e. The minimum atomic E-state index is 0.639. The monoisotopic (exact) mass is 268 g/mol. The van der Waals surface area contributed by atoms with Gasteiger partial charge in [0.2, 0.25) is 5.88 Å². The van der Waals surface area contributed by atoms with Crippen molar-refractivity contribution in [2.45, 2.75) is 13.1 Å². The molecule has 0 unspecified atom stereocenters. The van der Waals surface area contributed by atoms with Gasteiger partial charge in [-0.3, -0.25) is 0 Å². The Hall–Kier alpha value is -2.40. The number of fused-ring (bicyclic) bond motifs is 1. The lowest BCUT2D eigenvalue weighted by molar-refractivity contribution is 0.397. The van der Waals surface area contributed by atoms with Crippen LogP contribution >= 0.6 is 0 Å². The number of hydrogen-bond acceptors (Lipinski definition) is 4. The van der Waals surface area contributed by atoms with Crippen molar-refractivity contribution in [2.24, 2.45) is 0 Å². The summed E-state index contributed by atoms with van der Waals surface area (Å²) in [7, 11) is 1.62. The maximum atomic E-state index is 5.11. The highest BCUT2D eigenvalue weighted by molar-refractivity contribution is 5.53. The second kappa shape index (κ2) is 5.71. The lowest BCUT2D eigenvalue weighted by atomic mass is 10.2. The average molecular weight is 268 g/mol. The topological polar surface area (TPSA) is 51.5 Å². The molecule has 3 heterocycles. The molecule has 3 rings (SSSR count). The van der Waals surface area contributed by atoms with Gasteiger partial charge in [0.1, 0.15) is 0 Å². The zero-order valence-corrected chi connectivity index (χ0v) is 11.3. The second-order valence-electron chi connectivity index (χ2n) is 4.51. The number of hydrogen-bond donors (Lipinski definition) is 1. The van der Waals surface area contributed by atoms with Crippen molar-refractivity contribution in [3.8, 4) is 5.88 Å². The molecule has 0 fully saturated rings. The summed E-state index contributed by atoms with van der Waals surface area (Å²) in [6, 6.07) is 9.98. The molecule has 0 saturated carbocycles. The number of ether oxygens (including phenoxy) is 1. The third-order valence-corrected chi connectivity index (χ3v) is 3.16. The molecule has 0 aliphatic carbocycles. The Labute approximate surface area is 117 Å². The van der Waals surface area contributed by atoms with Gasteiger partial charge in [-0.15, -0.1) is 0 Å². The van der Waals surface area contributed by atoms with Crippen molar-refractivity contribution in [1.82, 2.24) is 19.9 Å². The molecule has 20 heavy (non-hydrogen) atoms. The second-order valence-corrected chi connectivity index (χ2v) is 4.51. The number of nitrogens with zero attached hydrogens (tertiary/aromatic N) is 3. The highest BCUT2D eigenvalue weighted by Crippen LogP contribution is 2.11. The number of nitrogens with one attached hydrogen (secondary N) is 1. The predicted molar refractivity (Wildman–Crippen MR) is 76.5 cm³/mol. The number of pyridine rings is 2. The van der Waals surface area contributed by atoms with E-state index in [9.17, 15) is 0 Å². The first-order valence-corrected chi connectivity index (χ1v) is 6.48. The summed E-state index contributed by atoms with van der Waals surface area (Å²) in [6.45, 7) is 1.54. The Kier molecular flexibility index (Phi) is 3.60. The van der Waals surface area contributed by atoms with Crippen molar-refractivity contribution >= 4 is 5.52 Å². The van der Waals surface area contributed by atoms with E-state index in [1.807, 2.05) is 41.2 Å². The van der Waals surface area contributed by atoms with Gasteiger partial charge in [-0.05, 0) is 23.8 Å². The van der Waals surface area contributed by atoms with Crippen LogP contribution in [-0.4, -0.2) is 21.7 Å². The first-order valence-electron chi connectivity index (χ1n) is 6.48. The lowest BCUT2D eigenvalue weighted by Crippen LogP contribution is -2.12. The number of methoxy groups -OCH3 is 1. The van der Waals surface area contributed by atoms with E-state index in [-0.39, 0.29) is 0 Å². The van der Waals surface area contributed by atoms with Gasteiger partial charge in [0.05, 0.1) is 18.8 Å². The summed E-state index contributed by atoms with van der Waals surface area (Å²) in [5.74, 6) is 0.639. The molecular formula is C15H16N4O. The first-order chi connectivity index (χ1) is 9.86. The van der Waals surface area contributed by atoms with E-state index in [0.717, 1.165) is 24.2 Å². The van der Waals surface area contributed by atoms with Gasteiger partial charge >= 0.3 is 0 Å². The SMILES string of the molecule is COc1cc(CNCc2cnn3ccccc23)ccn1. The van der Waals surface area contributed by atoms with Crippen LogP contribution in [0.15, 0.2) is 48.9 Å². The largest absolute Gasteiger partial charge is 0.481 e. The van der Waals surface area contributed by atoms with Crippen LogP contribution in [0.1, 0.15) is 11.1 Å². The summed E-state index contributed by atoms with van der Waals surface area (Å²) in [6.07, 6.45) is 5.60. The summed E-state index contributed by atoms with van der Waals surface area (Å²) in [4.78, 5) is 4.09. The van der Waals surface area contributed by atoms with E-state index in [2.05, 4.69) is 21.5 Å². The van der Waals surface area contributed by atoms with Crippen molar-refractivity contribution in [3.63, 3.8) is 0 Å². The fourth-order valence-electron chi connectivity index (χ4n) is 2.14. The van der Waals surface area contributed by atoms with Crippen molar-refractivity contribution in [3.05, 3.63) is 60.0 Å². The van der Waals surface area contributed by atoms with E-state index in [0.29, 0.717) is 5.88 Å². The molecule has 5 nitrogen and oxygen atoms in total. The van der Waals surface area contributed by atoms with Gasteiger partial charge in [0.25, 0.3) is 0 Å². The predicted octanol–water partition coefficient (Wildman–Crippen LogP) is 2.03. The molecule has 0 radical (unpaired) electrons. The minimum absolute atomic E-state index is 0.639. The summed E-state index contributed by atoms with van der Waals surface area (Å²) >= 11 is 0. The summed E-state index contributed by atoms with van der Waals surface area (Å²) in [5.41, 5.74) is 3.47. The first kappa shape index (κ1) is 12.6. The Bertz CT molecular complexity index is 708. The summed E-state index contributed by atoms with van der Waals surface area (Å²) in [5, 5.41) is 7.73. The van der Waals surface area contributed by atoms with Gasteiger partial charge in [0, 0.05) is 37.1 Å². The number of aromatic nitrogens is 3. The zero-order chi connectivity index (χ0) is 13.8. The molecule has 0 saturated heterocycles. The van der Waals surface area contributed by atoms with E-state index in [4.69, 9.17) is 4.74 Å². The normalized spacial score (nSPS) is 10.8. The molecule has 0 atom stereocenters. The molecule has 0 bridgehead atoms. The van der Waals surface area contributed by atoms with E-state index in [1.54, 1.807) is 13.3 Å². The maximum Gasteiger partial charge on any atom is 0.213 e. The molecule has 0 aliphatic heterocycles. The molecular weight excluding hydrogens is 252 g/mol. The molecule has 0 spiro atoms. The van der Waals surface area contributed by atoms with Gasteiger partial charge in [-0.1, -0.05) is 6.07 Å². The molecule has 0 aromatic carbocycles. The highest BCUT2D eigenvalue weighted by Gasteiger charge is 2.03. The third-order valence-electron chi connectivity index (χ3n) is 3.16. The molecule has 3 aromatic rings. The van der Waals surface area contributed by atoms with Gasteiger partial charge in [0.15, 0.2) is 0 Å². The molecule has 1 N–H and O–H groups in total. The van der Waals surface area contributed by atoms with Crippen LogP contribution in [0.4, 0.5) is 0 Å². The van der Waals surface area contributed by atoms with Crippen LogP contribution in [0.3, 0.4) is 0 Å². The molecule has 102 valence electrons. The Morgan fingerprint density at radius 2 is 2.20 bits per heavy atom. The van der Waals surface area contributed by atoms with Gasteiger partial charge in [-0.2, -0.15) is 5.10 Å². The van der Waals surface area contributed by atoms with Gasteiger partial charge < -0.3 is 10.1 Å². The van der Waals surface area contributed by atoms with E-state index < -0.39 is 0 Å². The number of rotatable bonds is 5. The quantitative estimate of drug-likeness (QED) is 0.769. The highest BCUT2D eigenvalue weighted by atomic mass is 16.5. The Morgan fingerprint density at radius 3 is 3.10 bits per heavy atom. The van der Waals surface area contributed by atoms with Crippen LogP contribution in [0.25, 0.3) is 5.52 Å². The standard InChI is InChI=1S/C15H16N4O/c1-20-15-8-12(5-6-17-15)9-16-10-13-11-18-19-7-3-2-4-14(13)19/h2-8,11,16H,9-10H2,1H3. The maximum absolute atomic E-state index is 5.11. The van der Waals surface area contributed by atoms with Crippen LogP contribution in [0.5, 0.6) is 5.88 Å². The van der Waals surface area contributed by atoms with Crippen molar-refractivity contribution in [2.75, 3.05) is 7.11 Å². The molecule has 3 aromatic heterocycles. The molecule has 0 amide bonds. The van der Waals surface area contributed by atoms with E-state index >= 15 is 0 Å². The van der Waals surface area contributed by atoms with E-state index in [1.165, 1.54) is 5.56 Å². The third kappa shape index (κ3) is 2.62. The van der Waals surface area contributed by atoms with Crippen LogP contribution in [0, 0.1) is 0 Å². The van der Waals surface area contributed by atoms with Crippen molar-refractivity contribution in [1.29, 1.82) is 0 Å². The summed E-state index contributed by atoms with van der Waals surface area (Å²) < 4.78 is 6.99. The molecule has 5 heteroatoms. The fourth-order valence-corrected chi connectivity index (χ4v) is 2.14. The van der Waals surface area contributed by atoms with Crippen LogP contribution < -0.4 is 10.1 Å². The van der Waals surface area contributed by atoms with Crippen LogP contribution in [-0.2, 0) is 13.1 Å². The minimum Gasteiger partial charge on any atom is -0.481 e. The van der Waals surface area contributed by atoms with Gasteiger partial charge in [-0.25, -0.2) is 9.50 Å². The Balaban J connectivity index is 1.65. The Morgan fingerprint density at radius 1 is 1.25 bits per heavy atom. The fraction of sp³-hybridized carbons (Fsp3) is 0.200. The molecule has 0 aliphatic rings.